The number of nitrogens with zero attached hydrogens (tertiary/aromatic N) is 2. The van der Waals surface area contributed by atoms with E-state index in [2.05, 4.69) is 11.9 Å². The highest BCUT2D eigenvalue weighted by Crippen LogP contribution is 2.36. The normalized spacial score (nSPS) is 12.5. The van der Waals surface area contributed by atoms with Crippen LogP contribution in [0, 0.1) is 0 Å². The summed E-state index contributed by atoms with van der Waals surface area (Å²) in [5.74, 6) is 0. The standard InChI is InChI=1S/C18H17ClN2OS/c1-3-21-17(22)14-9-5-7-11-16(14)20-18(21)23-12(2)13-8-4-6-10-15(13)19/h4-12H,3H2,1-2H3. The minimum Gasteiger partial charge on any atom is -0.287 e. The van der Waals surface area contributed by atoms with E-state index in [-0.39, 0.29) is 10.8 Å². The third-order valence-electron chi connectivity index (χ3n) is 3.77. The highest BCUT2D eigenvalue weighted by atomic mass is 35.5. The molecule has 1 aromatic heterocycles. The maximum Gasteiger partial charge on any atom is 0.262 e. The number of hydrogen-bond donors (Lipinski definition) is 0. The lowest BCUT2D eigenvalue weighted by atomic mass is 10.2. The number of hydrogen-bond acceptors (Lipinski definition) is 3. The van der Waals surface area contributed by atoms with Crippen LogP contribution in [0.1, 0.15) is 24.7 Å². The van der Waals surface area contributed by atoms with Crippen molar-refractivity contribution in [2.45, 2.75) is 30.8 Å². The van der Waals surface area contributed by atoms with Gasteiger partial charge in [0, 0.05) is 16.8 Å². The summed E-state index contributed by atoms with van der Waals surface area (Å²) < 4.78 is 1.72. The second kappa shape index (κ2) is 6.77. The second-order valence-corrected chi connectivity index (χ2v) is 6.96. The van der Waals surface area contributed by atoms with Crippen molar-refractivity contribution in [1.82, 2.24) is 9.55 Å². The molecule has 0 radical (unpaired) electrons. The number of halogens is 1. The van der Waals surface area contributed by atoms with Crippen molar-refractivity contribution in [1.29, 1.82) is 0 Å². The summed E-state index contributed by atoms with van der Waals surface area (Å²) in [4.78, 5) is 17.3. The van der Waals surface area contributed by atoms with Gasteiger partial charge in [0.15, 0.2) is 5.16 Å². The molecular formula is C18H17ClN2OS. The highest BCUT2D eigenvalue weighted by molar-refractivity contribution is 7.99. The average molecular weight is 345 g/mol. The van der Waals surface area contributed by atoms with Gasteiger partial charge in [-0.1, -0.05) is 53.7 Å². The summed E-state index contributed by atoms with van der Waals surface area (Å²) in [6.07, 6.45) is 0. The molecular weight excluding hydrogens is 328 g/mol. The van der Waals surface area contributed by atoms with Gasteiger partial charge in [0.1, 0.15) is 0 Å². The van der Waals surface area contributed by atoms with Crippen LogP contribution in [0.2, 0.25) is 5.02 Å². The summed E-state index contributed by atoms with van der Waals surface area (Å²) >= 11 is 7.84. The van der Waals surface area contributed by atoms with Crippen molar-refractivity contribution in [2.24, 2.45) is 0 Å². The molecule has 0 aliphatic carbocycles. The van der Waals surface area contributed by atoms with E-state index in [9.17, 15) is 4.79 Å². The zero-order valence-corrected chi connectivity index (χ0v) is 14.6. The van der Waals surface area contributed by atoms with Crippen molar-refractivity contribution < 1.29 is 0 Å². The number of thioether (sulfide) groups is 1. The minimum atomic E-state index is 0.00644. The molecule has 0 saturated carbocycles. The first-order valence-electron chi connectivity index (χ1n) is 7.52. The van der Waals surface area contributed by atoms with Gasteiger partial charge in [0.25, 0.3) is 5.56 Å². The van der Waals surface area contributed by atoms with Gasteiger partial charge in [-0.05, 0) is 37.6 Å². The summed E-state index contributed by atoms with van der Waals surface area (Å²) in [7, 11) is 0. The van der Waals surface area contributed by atoms with Crippen LogP contribution in [0.3, 0.4) is 0 Å². The molecule has 2 aromatic carbocycles. The van der Waals surface area contributed by atoms with E-state index in [0.29, 0.717) is 11.9 Å². The van der Waals surface area contributed by atoms with Gasteiger partial charge < -0.3 is 0 Å². The van der Waals surface area contributed by atoms with Gasteiger partial charge >= 0.3 is 0 Å². The SMILES string of the molecule is CCn1c(SC(C)c2ccccc2Cl)nc2ccccc2c1=O. The van der Waals surface area contributed by atoms with Crippen LogP contribution >= 0.6 is 23.4 Å². The fourth-order valence-electron chi connectivity index (χ4n) is 2.54. The molecule has 118 valence electrons. The van der Waals surface area contributed by atoms with Crippen LogP contribution in [0.15, 0.2) is 58.5 Å². The number of benzene rings is 2. The molecule has 23 heavy (non-hydrogen) atoms. The Morgan fingerprint density at radius 2 is 1.87 bits per heavy atom. The van der Waals surface area contributed by atoms with Crippen molar-refractivity contribution in [2.75, 3.05) is 0 Å². The molecule has 0 saturated heterocycles. The summed E-state index contributed by atoms with van der Waals surface area (Å²) in [6.45, 7) is 4.63. The van der Waals surface area contributed by atoms with Crippen LogP contribution in [-0.4, -0.2) is 9.55 Å². The van der Waals surface area contributed by atoms with Crippen molar-refractivity contribution in [3.8, 4) is 0 Å². The van der Waals surface area contributed by atoms with Gasteiger partial charge in [-0.2, -0.15) is 0 Å². The number of para-hydroxylation sites is 1. The largest absolute Gasteiger partial charge is 0.287 e. The lowest BCUT2D eigenvalue weighted by Crippen LogP contribution is -2.22. The lowest BCUT2D eigenvalue weighted by molar-refractivity contribution is 0.633. The molecule has 0 aliphatic heterocycles. The molecule has 3 rings (SSSR count). The van der Waals surface area contributed by atoms with E-state index in [1.54, 1.807) is 16.3 Å². The third kappa shape index (κ3) is 3.14. The van der Waals surface area contributed by atoms with Crippen LogP contribution in [0.4, 0.5) is 0 Å². The van der Waals surface area contributed by atoms with E-state index < -0.39 is 0 Å². The monoisotopic (exact) mass is 344 g/mol. The van der Waals surface area contributed by atoms with Crippen molar-refractivity contribution >= 4 is 34.3 Å². The van der Waals surface area contributed by atoms with E-state index >= 15 is 0 Å². The Balaban J connectivity index is 2.06. The fraction of sp³-hybridized carbons (Fsp3) is 0.222. The Labute approximate surface area is 144 Å². The smallest absolute Gasteiger partial charge is 0.262 e. The first kappa shape index (κ1) is 16.1. The summed E-state index contributed by atoms with van der Waals surface area (Å²) in [5, 5.41) is 2.22. The van der Waals surface area contributed by atoms with Crippen LogP contribution in [-0.2, 0) is 6.54 Å². The van der Waals surface area contributed by atoms with E-state index in [4.69, 9.17) is 11.6 Å². The van der Waals surface area contributed by atoms with Crippen LogP contribution < -0.4 is 5.56 Å². The van der Waals surface area contributed by atoms with E-state index in [0.717, 1.165) is 21.3 Å². The zero-order valence-electron chi connectivity index (χ0n) is 13.0. The Kier molecular flexibility index (Phi) is 4.74. The maximum absolute atomic E-state index is 12.6. The molecule has 0 N–H and O–H groups in total. The Hall–Kier alpha value is -1.78. The van der Waals surface area contributed by atoms with Crippen LogP contribution in [0.5, 0.6) is 0 Å². The van der Waals surface area contributed by atoms with Gasteiger partial charge in [-0.3, -0.25) is 9.36 Å². The first-order chi connectivity index (χ1) is 11.1. The third-order valence-corrected chi connectivity index (χ3v) is 5.24. The minimum absolute atomic E-state index is 0.00644. The number of fused-ring (bicyclic) bond motifs is 1. The van der Waals surface area contributed by atoms with Crippen molar-refractivity contribution in [3.05, 3.63) is 69.5 Å². The molecule has 0 aliphatic rings. The fourth-order valence-corrected chi connectivity index (χ4v) is 4.05. The Bertz CT molecular complexity index is 907. The molecule has 3 aromatic rings. The quantitative estimate of drug-likeness (QED) is 0.497. The summed E-state index contributed by atoms with van der Waals surface area (Å²) in [5.41, 5.74) is 1.78. The first-order valence-corrected chi connectivity index (χ1v) is 8.78. The average Bonchev–Trinajstić information content (AvgIpc) is 2.55. The van der Waals surface area contributed by atoms with E-state index in [1.165, 1.54) is 0 Å². The van der Waals surface area contributed by atoms with Gasteiger partial charge in [0.2, 0.25) is 0 Å². The van der Waals surface area contributed by atoms with E-state index in [1.807, 2.05) is 55.5 Å². The molecule has 5 heteroatoms. The predicted molar refractivity (Wildman–Crippen MR) is 97.4 cm³/mol. The van der Waals surface area contributed by atoms with Gasteiger partial charge in [0.05, 0.1) is 10.9 Å². The molecule has 3 nitrogen and oxygen atoms in total. The van der Waals surface area contributed by atoms with Crippen molar-refractivity contribution in [3.63, 3.8) is 0 Å². The Morgan fingerprint density at radius 1 is 1.17 bits per heavy atom. The molecule has 1 atom stereocenters. The lowest BCUT2D eigenvalue weighted by Gasteiger charge is -2.16. The molecule has 0 fully saturated rings. The predicted octanol–water partition coefficient (Wildman–Crippen LogP) is 4.92. The topological polar surface area (TPSA) is 34.9 Å². The maximum atomic E-state index is 12.6. The number of rotatable bonds is 4. The summed E-state index contributed by atoms with van der Waals surface area (Å²) in [6, 6.07) is 15.2. The molecule has 0 spiro atoms. The number of aromatic nitrogens is 2. The molecule has 0 bridgehead atoms. The van der Waals surface area contributed by atoms with Crippen LogP contribution in [0.25, 0.3) is 10.9 Å². The van der Waals surface area contributed by atoms with Gasteiger partial charge in [-0.15, -0.1) is 0 Å². The Morgan fingerprint density at radius 3 is 2.61 bits per heavy atom. The molecule has 1 unspecified atom stereocenters. The van der Waals surface area contributed by atoms with Gasteiger partial charge in [-0.25, -0.2) is 4.98 Å². The zero-order chi connectivity index (χ0) is 16.4. The highest BCUT2D eigenvalue weighted by Gasteiger charge is 2.16. The second-order valence-electron chi connectivity index (χ2n) is 5.24. The molecule has 0 amide bonds. The molecule has 1 heterocycles.